The number of carboxylic acids is 1. The molecule has 0 spiro atoms. The molecule has 3 N–H and O–H groups in total. The molecule has 0 bridgehead atoms. The van der Waals surface area contributed by atoms with Crippen molar-refractivity contribution in [3.05, 3.63) is 48.3 Å². The first-order valence-electron chi connectivity index (χ1n) is 11.2. The zero-order valence-electron chi connectivity index (χ0n) is 20.4. The van der Waals surface area contributed by atoms with Gasteiger partial charge in [0.2, 0.25) is 0 Å². The summed E-state index contributed by atoms with van der Waals surface area (Å²) in [4.78, 5) is 41.6. The van der Waals surface area contributed by atoms with Gasteiger partial charge < -0.3 is 25.4 Å². The van der Waals surface area contributed by atoms with Crippen LogP contribution in [0, 0.1) is 0 Å². The zero-order chi connectivity index (χ0) is 29.2. The van der Waals surface area contributed by atoms with E-state index in [1.54, 1.807) is 38.4 Å². The number of alkyl halides is 6. The van der Waals surface area contributed by atoms with Crippen LogP contribution in [0.25, 0.3) is 0 Å². The van der Waals surface area contributed by atoms with Crippen molar-refractivity contribution in [3.8, 4) is 5.75 Å². The van der Waals surface area contributed by atoms with Crippen LogP contribution in [0.15, 0.2) is 42.7 Å². The fourth-order valence-electron chi connectivity index (χ4n) is 3.59. The zero-order valence-corrected chi connectivity index (χ0v) is 20.4. The van der Waals surface area contributed by atoms with E-state index in [1.807, 2.05) is 0 Å². The topological polar surface area (TPSA) is 124 Å². The molecular weight excluding hydrogens is 540 g/mol. The Morgan fingerprint density at radius 1 is 1.13 bits per heavy atom. The number of imide groups is 1. The van der Waals surface area contributed by atoms with Gasteiger partial charge in [-0.15, -0.1) is 13.2 Å². The van der Waals surface area contributed by atoms with Crippen LogP contribution in [-0.2, 0) is 16.1 Å². The number of benzene rings is 1. The van der Waals surface area contributed by atoms with Crippen LogP contribution in [0.5, 0.6) is 5.75 Å². The highest BCUT2D eigenvalue weighted by molar-refractivity contribution is 6.23. The van der Waals surface area contributed by atoms with E-state index < -0.39 is 41.7 Å². The predicted molar refractivity (Wildman–Crippen MR) is 124 cm³/mol. The number of hydrogen-bond donors (Lipinski definition) is 3. The van der Waals surface area contributed by atoms with Crippen molar-refractivity contribution in [2.24, 2.45) is 0 Å². The summed E-state index contributed by atoms with van der Waals surface area (Å²) in [5.74, 6) is -3.66. The number of urea groups is 1. The molecule has 4 rings (SSSR count). The van der Waals surface area contributed by atoms with E-state index in [2.05, 4.69) is 20.4 Å². The number of ether oxygens (including phenoxy) is 1. The summed E-state index contributed by atoms with van der Waals surface area (Å²) in [6, 6.07) is 6.55. The average Bonchev–Trinajstić information content (AvgIpc) is 2.96. The van der Waals surface area contributed by atoms with E-state index in [1.165, 1.54) is 17.0 Å². The van der Waals surface area contributed by atoms with Crippen LogP contribution in [0.2, 0.25) is 0 Å². The van der Waals surface area contributed by atoms with Crippen molar-refractivity contribution in [2.45, 2.75) is 44.5 Å². The number of rotatable bonds is 6. The fourth-order valence-corrected chi connectivity index (χ4v) is 3.59. The number of amides is 3. The van der Waals surface area contributed by atoms with Crippen molar-refractivity contribution in [1.82, 2.24) is 15.2 Å². The molecule has 2 fully saturated rings. The molecule has 0 aliphatic carbocycles. The smallest absolute Gasteiger partial charge is 0.475 e. The van der Waals surface area contributed by atoms with Crippen molar-refractivity contribution >= 4 is 29.3 Å². The molecule has 16 heteroatoms. The molecule has 39 heavy (non-hydrogen) atoms. The fraction of sp³-hybridized carbons (Fsp3) is 0.391. The molecule has 2 aliphatic heterocycles. The van der Waals surface area contributed by atoms with E-state index in [9.17, 15) is 35.9 Å². The summed E-state index contributed by atoms with van der Waals surface area (Å²) < 4.78 is 74.4. The largest absolute Gasteiger partial charge is 0.573 e. The summed E-state index contributed by atoms with van der Waals surface area (Å²) in [6.07, 6.45) is -6.78. The molecule has 0 radical (unpaired) electrons. The summed E-state index contributed by atoms with van der Waals surface area (Å²) in [5, 5.41) is 13.1. The van der Waals surface area contributed by atoms with Gasteiger partial charge in [-0.3, -0.25) is 9.78 Å². The lowest BCUT2D eigenvalue weighted by molar-refractivity contribution is -0.274. The van der Waals surface area contributed by atoms with Gasteiger partial charge >= 0.3 is 24.5 Å². The van der Waals surface area contributed by atoms with Gasteiger partial charge in [-0.2, -0.15) is 13.2 Å². The standard InChI is InChI=1S/C21H22F3N5O3.C2HF3O2/c1-20(2)18(30)29(19(31)28(20)12-13-5-7-25-8-6-13)15-3-4-17(32-21(22,23)24)16(9-15)27-14-10-26-11-14;3-2(4,5)1(6)7/h3-9,14,26-27H,10-12H2,1-2H3;(H,6,7). The molecule has 1 aromatic carbocycles. The Labute approximate surface area is 217 Å². The third kappa shape index (κ3) is 7.07. The van der Waals surface area contributed by atoms with E-state index in [4.69, 9.17) is 9.90 Å². The van der Waals surface area contributed by atoms with Crippen molar-refractivity contribution in [1.29, 1.82) is 0 Å². The Balaban J connectivity index is 0.000000532. The second-order valence-corrected chi connectivity index (χ2v) is 8.95. The molecule has 10 nitrogen and oxygen atoms in total. The maximum atomic E-state index is 13.2. The van der Waals surface area contributed by atoms with E-state index in [-0.39, 0.29) is 24.0 Å². The molecule has 2 aliphatic rings. The lowest BCUT2D eigenvalue weighted by atomic mass is 10.0. The highest BCUT2D eigenvalue weighted by atomic mass is 19.4. The monoisotopic (exact) mass is 563 g/mol. The molecule has 2 aromatic rings. The molecule has 0 saturated carbocycles. The summed E-state index contributed by atoms with van der Waals surface area (Å²) in [7, 11) is 0. The van der Waals surface area contributed by atoms with Gasteiger partial charge in [-0.05, 0) is 49.7 Å². The molecule has 1 aromatic heterocycles. The minimum absolute atomic E-state index is 0.0531. The maximum Gasteiger partial charge on any atom is 0.573 e. The Bertz CT molecular complexity index is 1220. The highest BCUT2D eigenvalue weighted by Crippen LogP contribution is 2.38. The molecule has 3 heterocycles. The maximum absolute atomic E-state index is 13.2. The third-order valence-electron chi connectivity index (χ3n) is 5.74. The summed E-state index contributed by atoms with van der Waals surface area (Å²) >= 11 is 0. The van der Waals surface area contributed by atoms with Crippen molar-refractivity contribution in [3.63, 3.8) is 0 Å². The predicted octanol–water partition coefficient (Wildman–Crippen LogP) is 3.74. The van der Waals surface area contributed by atoms with Gasteiger partial charge in [0.1, 0.15) is 5.54 Å². The first-order valence-corrected chi connectivity index (χ1v) is 11.2. The lowest BCUT2D eigenvalue weighted by Crippen LogP contribution is -2.51. The molecule has 0 unspecified atom stereocenters. The molecule has 0 atom stereocenters. The number of aliphatic carboxylic acids is 1. The van der Waals surface area contributed by atoms with E-state index in [0.717, 1.165) is 16.5 Å². The quantitative estimate of drug-likeness (QED) is 0.359. The lowest BCUT2D eigenvalue weighted by Gasteiger charge is -2.30. The molecule has 212 valence electrons. The Morgan fingerprint density at radius 3 is 2.21 bits per heavy atom. The number of halogens is 6. The molecular formula is C23H23F6N5O5. The van der Waals surface area contributed by atoms with Crippen molar-refractivity contribution in [2.75, 3.05) is 23.3 Å². The van der Waals surface area contributed by atoms with Crippen LogP contribution in [0.3, 0.4) is 0 Å². The Morgan fingerprint density at radius 2 is 1.72 bits per heavy atom. The second-order valence-electron chi connectivity index (χ2n) is 8.95. The van der Waals surface area contributed by atoms with Crippen molar-refractivity contribution < 1.29 is 50.6 Å². The average molecular weight is 563 g/mol. The van der Waals surface area contributed by atoms with E-state index in [0.29, 0.717) is 13.1 Å². The summed E-state index contributed by atoms with van der Waals surface area (Å²) in [5.41, 5.74) is -0.135. The van der Waals surface area contributed by atoms with Gasteiger partial charge in [0.25, 0.3) is 5.91 Å². The van der Waals surface area contributed by atoms with Gasteiger partial charge in [0.15, 0.2) is 5.75 Å². The normalized spacial score (nSPS) is 17.3. The number of carboxylic acid groups (broad SMARTS) is 1. The number of pyridine rings is 1. The van der Waals surface area contributed by atoms with Gasteiger partial charge in [0, 0.05) is 32.0 Å². The minimum Gasteiger partial charge on any atom is -0.475 e. The van der Waals surface area contributed by atoms with Gasteiger partial charge in [-0.25, -0.2) is 14.5 Å². The van der Waals surface area contributed by atoms with E-state index >= 15 is 0 Å². The van der Waals surface area contributed by atoms with Crippen LogP contribution >= 0.6 is 0 Å². The number of carbonyl (C=O) groups excluding carboxylic acids is 2. The number of anilines is 2. The first-order chi connectivity index (χ1) is 18.0. The van der Waals surface area contributed by atoms with Crippen LogP contribution in [0.1, 0.15) is 19.4 Å². The van der Waals surface area contributed by atoms with Crippen LogP contribution in [0.4, 0.5) is 42.5 Å². The minimum atomic E-state index is -5.08. The van der Waals surface area contributed by atoms with Gasteiger partial charge in [0.05, 0.1) is 17.4 Å². The Hall–Kier alpha value is -4.08. The van der Waals surface area contributed by atoms with Crippen LogP contribution in [-0.4, -0.2) is 70.1 Å². The number of hydrogen-bond acceptors (Lipinski definition) is 7. The second kappa shape index (κ2) is 11.0. The van der Waals surface area contributed by atoms with Gasteiger partial charge in [-0.1, -0.05) is 0 Å². The molecule has 3 amide bonds. The number of carbonyl (C=O) groups is 3. The SMILES string of the molecule is CC1(C)C(=O)N(c2ccc(OC(F)(F)F)c(NC3CNC3)c2)C(=O)N1Cc1ccncc1.O=C(O)C(F)(F)F. The first kappa shape index (κ1) is 29.5. The number of nitrogens with one attached hydrogen (secondary N) is 2. The summed E-state index contributed by atoms with van der Waals surface area (Å²) in [6.45, 7) is 4.60. The molecule has 2 saturated heterocycles. The number of nitrogens with zero attached hydrogens (tertiary/aromatic N) is 3. The third-order valence-corrected chi connectivity index (χ3v) is 5.74. The highest BCUT2D eigenvalue weighted by Gasteiger charge is 2.52. The Kier molecular flexibility index (Phi) is 8.28. The number of aromatic nitrogens is 1. The van der Waals surface area contributed by atoms with Crippen LogP contribution < -0.4 is 20.3 Å².